The standard InChI is InChI=1S/C21H14Cl2N2O3/c1-27-18-9-6-12(21-25-16-4-2-3-5-19(16)28-21)10-17(18)24-20(26)14-8-7-13(22)11-15(14)23/h2-11H,1H3,(H,24,26). The fourth-order valence-corrected chi connectivity index (χ4v) is 3.29. The van der Waals surface area contributed by atoms with E-state index in [-0.39, 0.29) is 10.9 Å². The number of rotatable bonds is 4. The zero-order valence-corrected chi connectivity index (χ0v) is 16.2. The normalized spacial score (nSPS) is 10.8. The van der Waals surface area contributed by atoms with Crippen LogP contribution in [-0.2, 0) is 0 Å². The molecule has 0 radical (unpaired) electrons. The molecule has 0 aliphatic rings. The van der Waals surface area contributed by atoms with Crippen molar-refractivity contribution in [2.45, 2.75) is 0 Å². The number of oxazole rings is 1. The van der Waals surface area contributed by atoms with Crippen molar-refractivity contribution in [1.29, 1.82) is 0 Å². The summed E-state index contributed by atoms with van der Waals surface area (Å²) >= 11 is 12.0. The van der Waals surface area contributed by atoms with Gasteiger partial charge in [-0.15, -0.1) is 0 Å². The molecule has 0 saturated carbocycles. The Balaban J connectivity index is 1.69. The number of nitrogens with one attached hydrogen (secondary N) is 1. The second kappa shape index (κ2) is 7.54. The van der Waals surface area contributed by atoms with Crippen LogP contribution in [0, 0.1) is 0 Å². The summed E-state index contributed by atoms with van der Waals surface area (Å²) in [7, 11) is 1.53. The number of carbonyl (C=O) groups is 1. The summed E-state index contributed by atoms with van der Waals surface area (Å²) in [6.45, 7) is 0. The van der Waals surface area contributed by atoms with Gasteiger partial charge in [0.15, 0.2) is 5.58 Å². The van der Waals surface area contributed by atoms with Crippen LogP contribution in [0.3, 0.4) is 0 Å². The van der Waals surface area contributed by atoms with Gasteiger partial charge in [-0.05, 0) is 48.5 Å². The number of nitrogens with zero attached hydrogens (tertiary/aromatic N) is 1. The van der Waals surface area contributed by atoms with E-state index >= 15 is 0 Å². The molecule has 3 aromatic carbocycles. The Morgan fingerprint density at radius 3 is 2.64 bits per heavy atom. The van der Waals surface area contributed by atoms with Crippen LogP contribution in [0.1, 0.15) is 10.4 Å². The molecule has 0 aliphatic heterocycles. The highest BCUT2D eigenvalue weighted by atomic mass is 35.5. The van der Waals surface area contributed by atoms with E-state index in [0.717, 1.165) is 5.52 Å². The molecule has 4 aromatic rings. The Labute approximate surface area is 170 Å². The number of amides is 1. The summed E-state index contributed by atoms with van der Waals surface area (Å²) in [6, 6.07) is 17.5. The number of aromatic nitrogens is 1. The lowest BCUT2D eigenvalue weighted by molar-refractivity contribution is 0.102. The van der Waals surface area contributed by atoms with Crippen LogP contribution in [0.15, 0.2) is 65.1 Å². The molecule has 0 atom stereocenters. The summed E-state index contributed by atoms with van der Waals surface area (Å²) in [5.74, 6) is 0.567. The molecular weight excluding hydrogens is 399 g/mol. The van der Waals surface area contributed by atoms with E-state index in [1.54, 1.807) is 24.3 Å². The van der Waals surface area contributed by atoms with E-state index in [9.17, 15) is 4.79 Å². The number of carbonyl (C=O) groups excluding carboxylic acids is 1. The topological polar surface area (TPSA) is 64.4 Å². The van der Waals surface area contributed by atoms with Crippen LogP contribution in [0.2, 0.25) is 10.0 Å². The van der Waals surface area contributed by atoms with E-state index in [0.29, 0.717) is 39.1 Å². The lowest BCUT2D eigenvalue weighted by atomic mass is 10.1. The molecule has 0 saturated heterocycles. The quantitative estimate of drug-likeness (QED) is 0.442. The molecule has 1 amide bonds. The average Bonchev–Trinajstić information content (AvgIpc) is 3.12. The molecule has 0 spiro atoms. The van der Waals surface area contributed by atoms with Gasteiger partial charge in [0.25, 0.3) is 5.91 Å². The molecule has 0 fully saturated rings. The fourth-order valence-electron chi connectivity index (χ4n) is 2.80. The second-order valence-corrected chi connectivity index (χ2v) is 6.82. The van der Waals surface area contributed by atoms with Gasteiger partial charge in [-0.1, -0.05) is 35.3 Å². The Hall–Kier alpha value is -3.02. The second-order valence-electron chi connectivity index (χ2n) is 5.98. The van der Waals surface area contributed by atoms with Crippen molar-refractivity contribution in [3.05, 3.63) is 76.3 Å². The van der Waals surface area contributed by atoms with Gasteiger partial charge in [0.1, 0.15) is 11.3 Å². The number of methoxy groups -OCH3 is 1. The van der Waals surface area contributed by atoms with Crippen LogP contribution in [0.5, 0.6) is 5.75 Å². The molecular formula is C21H14Cl2N2O3. The van der Waals surface area contributed by atoms with E-state index in [1.165, 1.54) is 13.2 Å². The van der Waals surface area contributed by atoms with Crippen molar-refractivity contribution in [3.8, 4) is 17.2 Å². The zero-order valence-electron chi connectivity index (χ0n) is 14.7. The summed E-state index contributed by atoms with van der Waals surface area (Å²) in [6.07, 6.45) is 0. The number of hydrogen-bond acceptors (Lipinski definition) is 4. The molecule has 28 heavy (non-hydrogen) atoms. The van der Waals surface area contributed by atoms with Gasteiger partial charge in [0.2, 0.25) is 5.89 Å². The van der Waals surface area contributed by atoms with Crippen molar-refractivity contribution < 1.29 is 13.9 Å². The van der Waals surface area contributed by atoms with Crippen LogP contribution >= 0.6 is 23.2 Å². The summed E-state index contributed by atoms with van der Waals surface area (Å²) < 4.78 is 11.2. The predicted octanol–water partition coefficient (Wildman–Crippen LogP) is 6.06. The largest absolute Gasteiger partial charge is 0.495 e. The van der Waals surface area contributed by atoms with Crippen LogP contribution in [0.4, 0.5) is 5.69 Å². The van der Waals surface area contributed by atoms with Gasteiger partial charge in [0.05, 0.1) is 23.4 Å². The van der Waals surface area contributed by atoms with Crippen LogP contribution in [-0.4, -0.2) is 18.0 Å². The first-order chi connectivity index (χ1) is 13.5. The minimum absolute atomic E-state index is 0.263. The number of hydrogen-bond donors (Lipinski definition) is 1. The molecule has 1 N–H and O–H groups in total. The van der Waals surface area contributed by atoms with Gasteiger partial charge in [0, 0.05) is 10.6 Å². The van der Waals surface area contributed by atoms with Gasteiger partial charge in [-0.25, -0.2) is 4.98 Å². The lowest BCUT2D eigenvalue weighted by Crippen LogP contribution is -2.13. The number of anilines is 1. The number of ether oxygens (including phenoxy) is 1. The maximum absolute atomic E-state index is 12.7. The lowest BCUT2D eigenvalue weighted by Gasteiger charge is -2.12. The molecule has 0 unspecified atom stereocenters. The Morgan fingerprint density at radius 1 is 1.07 bits per heavy atom. The monoisotopic (exact) mass is 412 g/mol. The number of fused-ring (bicyclic) bond motifs is 1. The minimum Gasteiger partial charge on any atom is -0.495 e. The van der Waals surface area contributed by atoms with Crippen LogP contribution in [0.25, 0.3) is 22.6 Å². The highest BCUT2D eigenvalue weighted by Crippen LogP contribution is 2.32. The van der Waals surface area contributed by atoms with E-state index in [2.05, 4.69) is 10.3 Å². The molecule has 5 nitrogen and oxygen atoms in total. The third-order valence-electron chi connectivity index (χ3n) is 4.16. The molecule has 1 aromatic heterocycles. The van der Waals surface area contributed by atoms with Gasteiger partial charge in [-0.3, -0.25) is 4.79 Å². The maximum Gasteiger partial charge on any atom is 0.257 e. The molecule has 4 rings (SSSR count). The first-order valence-corrected chi connectivity index (χ1v) is 9.11. The maximum atomic E-state index is 12.7. The van der Waals surface area contributed by atoms with Crippen molar-refractivity contribution in [2.75, 3.05) is 12.4 Å². The van der Waals surface area contributed by atoms with E-state index in [4.69, 9.17) is 32.4 Å². The summed E-state index contributed by atoms with van der Waals surface area (Å²) in [5, 5.41) is 3.54. The van der Waals surface area contributed by atoms with E-state index < -0.39 is 0 Å². The summed E-state index contributed by atoms with van der Waals surface area (Å²) in [5.41, 5.74) is 2.92. The SMILES string of the molecule is COc1ccc(-c2nc3ccccc3o2)cc1NC(=O)c1ccc(Cl)cc1Cl. The van der Waals surface area contributed by atoms with Gasteiger partial charge >= 0.3 is 0 Å². The van der Waals surface area contributed by atoms with Crippen LogP contribution < -0.4 is 10.1 Å². The average molecular weight is 413 g/mol. The number of para-hydroxylation sites is 2. The first-order valence-electron chi connectivity index (χ1n) is 8.35. The Kier molecular flexibility index (Phi) is 4.94. The highest BCUT2D eigenvalue weighted by Gasteiger charge is 2.16. The Bertz CT molecular complexity index is 1150. The van der Waals surface area contributed by atoms with E-state index in [1.807, 2.05) is 30.3 Å². The molecule has 7 heteroatoms. The molecule has 1 heterocycles. The Morgan fingerprint density at radius 2 is 1.89 bits per heavy atom. The zero-order chi connectivity index (χ0) is 19.7. The van der Waals surface area contributed by atoms with Crippen molar-refractivity contribution in [1.82, 2.24) is 4.98 Å². The van der Waals surface area contributed by atoms with Gasteiger partial charge in [-0.2, -0.15) is 0 Å². The highest BCUT2D eigenvalue weighted by molar-refractivity contribution is 6.37. The van der Waals surface area contributed by atoms with Crippen molar-refractivity contribution in [2.24, 2.45) is 0 Å². The fraction of sp³-hybridized carbons (Fsp3) is 0.0476. The predicted molar refractivity (Wildman–Crippen MR) is 110 cm³/mol. The number of benzene rings is 3. The number of halogens is 2. The van der Waals surface area contributed by atoms with Gasteiger partial charge < -0.3 is 14.5 Å². The third-order valence-corrected chi connectivity index (χ3v) is 4.71. The van der Waals surface area contributed by atoms with Crippen molar-refractivity contribution in [3.63, 3.8) is 0 Å². The molecule has 0 bridgehead atoms. The first kappa shape index (κ1) is 18.3. The minimum atomic E-state index is -0.380. The van der Waals surface area contributed by atoms with Crippen molar-refractivity contribution >= 4 is 45.9 Å². The summed E-state index contributed by atoms with van der Waals surface area (Å²) in [4.78, 5) is 17.2. The molecule has 0 aliphatic carbocycles. The smallest absolute Gasteiger partial charge is 0.257 e. The molecule has 140 valence electrons. The third kappa shape index (κ3) is 3.54.